The molecule has 28 heavy (non-hydrogen) atoms. The number of hydrogen-bond acceptors (Lipinski definition) is 0. The van der Waals surface area contributed by atoms with Crippen LogP contribution in [0.4, 0.5) is 0 Å². The van der Waals surface area contributed by atoms with Crippen LogP contribution in [-0.4, -0.2) is 0 Å². The van der Waals surface area contributed by atoms with Gasteiger partial charge in [-0.25, -0.2) is 0 Å². The molecule has 0 aromatic heterocycles. The zero-order valence-electron chi connectivity index (χ0n) is 18.6. The SMILES string of the molecule is CCc1cc(C(C)(C)C)c(-c2ccccc2-c2ccccc2)c(C(C)(C)C)c1. The highest BCUT2D eigenvalue weighted by Crippen LogP contribution is 2.44. The summed E-state index contributed by atoms with van der Waals surface area (Å²) in [5.74, 6) is 0. The van der Waals surface area contributed by atoms with Crippen molar-refractivity contribution in [2.24, 2.45) is 0 Å². The molecule has 0 saturated carbocycles. The van der Waals surface area contributed by atoms with Crippen molar-refractivity contribution in [2.45, 2.75) is 65.7 Å². The van der Waals surface area contributed by atoms with Gasteiger partial charge in [0.15, 0.2) is 0 Å². The maximum atomic E-state index is 2.44. The second kappa shape index (κ2) is 7.59. The number of benzene rings is 3. The first-order valence-corrected chi connectivity index (χ1v) is 10.5. The van der Waals surface area contributed by atoms with Crippen LogP contribution in [0, 0.1) is 0 Å². The first-order valence-electron chi connectivity index (χ1n) is 10.5. The molecule has 3 rings (SSSR count). The molecule has 0 bridgehead atoms. The molecule has 0 radical (unpaired) electrons. The van der Waals surface area contributed by atoms with E-state index in [1.165, 1.54) is 38.9 Å². The van der Waals surface area contributed by atoms with Gasteiger partial charge in [0.25, 0.3) is 0 Å². The third-order valence-corrected chi connectivity index (χ3v) is 5.50. The average molecular weight is 371 g/mol. The predicted octanol–water partition coefficient (Wildman–Crippen LogP) is 8.18. The molecule has 0 aliphatic carbocycles. The summed E-state index contributed by atoms with van der Waals surface area (Å²) in [6, 6.07) is 24.5. The van der Waals surface area contributed by atoms with Crippen LogP contribution in [-0.2, 0) is 17.3 Å². The van der Waals surface area contributed by atoms with Crippen molar-refractivity contribution >= 4 is 0 Å². The molecule has 0 fully saturated rings. The fraction of sp³-hybridized carbons (Fsp3) is 0.357. The summed E-state index contributed by atoms with van der Waals surface area (Å²) in [6.07, 6.45) is 1.06. The average Bonchev–Trinajstić information content (AvgIpc) is 2.66. The van der Waals surface area contributed by atoms with Gasteiger partial charge in [-0.3, -0.25) is 0 Å². The van der Waals surface area contributed by atoms with E-state index in [4.69, 9.17) is 0 Å². The zero-order chi connectivity index (χ0) is 20.5. The summed E-state index contributed by atoms with van der Waals surface area (Å²) in [5, 5.41) is 0. The molecule has 3 aromatic carbocycles. The van der Waals surface area contributed by atoms with Crippen LogP contribution in [0.1, 0.15) is 65.2 Å². The van der Waals surface area contributed by atoms with Gasteiger partial charge in [0.05, 0.1) is 0 Å². The van der Waals surface area contributed by atoms with Crippen molar-refractivity contribution in [3.8, 4) is 22.3 Å². The van der Waals surface area contributed by atoms with E-state index in [0.29, 0.717) is 0 Å². The molecule has 0 spiro atoms. The minimum absolute atomic E-state index is 0.0737. The van der Waals surface area contributed by atoms with E-state index in [9.17, 15) is 0 Å². The van der Waals surface area contributed by atoms with E-state index in [2.05, 4.69) is 115 Å². The summed E-state index contributed by atoms with van der Waals surface area (Å²) >= 11 is 0. The molecule has 0 atom stereocenters. The van der Waals surface area contributed by atoms with Gasteiger partial charge in [-0.05, 0) is 56.2 Å². The number of aryl methyl sites for hydroxylation is 1. The van der Waals surface area contributed by atoms with Crippen molar-refractivity contribution in [2.75, 3.05) is 0 Å². The highest BCUT2D eigenvalue weighted by atomic mass is 14.3. The van der Waals surface area contributed by atoms with E-state index in [-0.39, 0.29) is 10.8 Å². The normalized spacial score (nSPS) is 12.2. The lowest BCUT2D eigenvalue weighted by Crippen LogP contribution is -2.20. The summed E-state index contributed by atoms with van der Waals surface area (Å²) < 4.78 is 0. The fourth-order valence-corrected chi connectivity index (χ4v) is 3.95. The van der Waals surface area contributed by atoms with Crippen LogP contribution < -0.4 is 0 Å². The molecule has 146 valence electrons. The maximum absolute atomic E-state index is 2.44. The van der Waals surface area contributed by atoms with Crippen molar-refractivity contribution < 1.29 is 0 Å². The van der Waals surface area contributed by atoms with E-state index < -0.39 is 0 Å². The lowest BCUT2D eigenvalue weighted by molar-refractivity contribution is 0.570. The third kappa shape index (κ3) is 4.07. The zero-order valence-corrected chi connectivity index (χ0v) is 18.6. The lowest BCUT2D eigenvalue weighted by Gasteiger charge is -2.32. The quantitative estimate of drug-likeness (QED) is 0.436. The predicted molar refractivity (Wildman–Crippen MR) is 124 cm³/mol. The Morgan fingerprint density at radius 3 is 1.54 bits per heavy atom. The van der Waals surface area contributed by atoms with E-state index >= 15 is 0 Å². The second-order valence-corrected chi connectivity index (χ2v) is 9.83. The van der Waals surface area contributed by atoms with Crippen molar-refractivity contribution in [1.29, 1.82) is 0 Å². The highest BCUT2D eigenvalue weighted by Gasteiger charge is 2.28. The third-order valence-electron chi connectivity index (χ3n) is 5.50. The van der Waals surface area contributed by atoms with Gasteiger partial charge >= 0.3 is 0 Å². The molecule has 0 heterocycles. The van der Waals surface area contributed by atoms with Crippen LogP contribution in [0.15, 0.2) is 66.7 Å². The number of hydrogen-bond donors (Lipinski definition) is 0. The molecule has 0 amide bonds. The summed E-state index contributed by atoms with van der Waals surface area (Å²) in [4.78, 5) is 0. The minimum Gasteiger partial charge on any atom is -0.0622 e. The smallest absolute Gasteiger partial charge is 0.00995 e. The Morgan fingerprint density at radius 1 is 0.607 bits per heavy atom. The number of rotatable bonds is 3. The standard InChI is InChI=1S/C28H34/c1-8-20-18-24(27(2,3)4)26(25(19-20)28(5,6)7)23-17-13-12-16-22(23)21-14-10-9-11-15-21/h9-19H,8H2,1-7H3. The van der Waals surface area contributed by atoms with Crippen LogP contribution in [0.5, 0.6) is 0 Å². The van der Waals surface area contributed by atoms with Gasteiger partial charge in [0.1, 0.15) is 0 Å². The summed E-state index contributed by atoms with van der Waals surface area (Å²) in [5.41, 5.74) is 9.80. The first-order chi connectivity index (χ1) is 13.1. The molecular formula is C28H34. The van der Waals surface area contributed by atoms with Crippen molar-refractivity contribution in [1.82, 2.24) is 0 Å². The summed E-state index contributed by atoms with van der Waals surface area (Å²) in [6.45, 7) is 16.3. The Balaban J connectivity index is 2.43. The maximum Gasteiger partial charge on any atom is -0.00995 e. The van der Waals surface area contributed by atoms with Crippen LogP contribution >= 0.6 is 0 Å². The molecule has 0 saturated heterocycles. The van der Waals surface area contributed by atoms with Gasteiger partial charge in [-0.15, -0.1) is 0 Å². The first kappa shape index (κ1) is 20.4. The van der Waals surface area contributed by atoms with E-state index in [1.54, 1.807) is 0 Å². The molecular weight excluding hydrogens is 336 g/mol. The summed E-state index contributed by atoms with van der Waals surface area (Å²) in [7, 11) is 0. The van der Waals surface area contributed by atoms with E-state index in [1.807, 2.05) is 0 Å². The molecule has 0 heteroatoms. The van der Waals surface area contributed by atoms with Gasteiger partial charge < -0.3 is 0 Å². The Labute approximate surface area is 171 Å². The van der Waals surface area contributed by atoms with Crippen molar-refractivity contribution in [3.05, 3.63) is 83.4 Å². The second-order valence-electron chi connectivity index (χ2n) is 9.83. The topological polar surface area (TPSA) is 0 Å². The largest absolute Gasteiger partial charge is 0.0622 e. The fourth-order valence-electron chi connectivity index (χ4n) is 3.95. The molecule has 3 aromatic rings. The van der Waals surface area contributed by atoms with E-state index in [0.717, 1.165) is 6.42 Å². The van der Waals surface area contributed by atoms with Crippen LogP contribution in [0.25, 0.3) is 22.3 Å². The Bertz CT molecular complexity index is 912. The Morgan fingerprint density at radius 2 is 1.07 bits per heavy atom. The van der Waals surface area contributed by atoms with Gasteiger partial charge in [0.2, 0.25) is 0 Å². The minimum atomic E-state index is 0.0737. The monoisotopic (exact) mass is 370 g/mol. The van der Waals surface area contributed by atoms with Crippen molar-refractivity contribution in [3.63, 3.8) is 0 Å². The molecule has 0 N–H and O–H groups in total. The molecule has 0 aliphatic rings. The molecule has 0 aliphatic heterocycles. The Kier molecular flexibility index (Phi) is 5.53. The van der Waals surface area contributed by atoms with Crippen LogP contribution in [0.2, 0.25) is 0 Å². The molecule has 0 unspecified atom stereocenters. The van der Waals surface area contributed by atoms with Gasteiger partial charge in [-0.1, -0.05) is 115 Å². The highest BCUT2D eigenvalue weighted by molar-refractivity contribution is 5.87. The molecule has 0 nitrogen and oxygen atoms in total. The van der Waals surface area contributed by atoms with Gasteiger partial charge in [0, 0.05) is 0 Å². The van der Waals surface area contributed by atoms with Crippen LogP contribution in [0.3, 0.4) is 0 Å². The van der Waals surface area contributed by atoms with Gasteiger partial charge in [-0.2, -0.15) is 0 Å². The Hall–Kier alpha value is -2.34. The lowest BCUT2D eigenvalue weighted by atomic mass is 9.72.